The molecule has 0 aliphatic rings. The van der Waals surface area contributed by atoms with Crippen LogP contribution in [0.15, 0.2) is 29.0 Å². The minimum Gasteiger partial charge on any atom is -0.295 e. The second kappa shape index (κ2) is 6.29. The highest BCUT2D eigenvalue weighted by atomic mass is 32.1. The Kier molecular flexibility index (Phi) is 4.71. The molecule has 0 radical (unpaired) electrons. The van der Waals surface area contributed by atoms with Gasteiger partial charge in [0.2, 0.25) is 0 Å². The molecular formula is C13H17N3OS2. The van der Waals surface area contributed by atoms with E-state index in [1.165, 1.54) is 16.2 Å². The maximum Gasteiger partial charge on any atom is 0.275 e. The Balaban J connectivity index is 2.09. The molecule has 0 saturated carbocycles. The molecule has 2 heterocycles. The molecule has 19 heavy (non-hydrogen) atoms. The molecule has 0 aliphatic carbocycles. The van der Waals surface area contributed by atoms with E-state index in [-0.39, 0.29) is 5.91 Å². The third-order valence-corrected chi connectivity index (χ3v) is 5.12. The van der Waals surface area contributed by atoms with E-state index in [0.29, 0.717) is 10.9 Å². The first kappa shape index (κ1) is 14.2. The number of nitrogens with zero attached hydrogens (tertiary/aromatic N) is 1. The molecule has 1 unspecified atom stereocenters. The van der Waals surface area contributed by atoms with Crippen molar-refractivity contribution in [2.24, 2.45) is 5.84 Å². The van der Waals surface area contributed by atoms with Gasteiger partial charge in [0.05, 0.1) is 4.88 Å². The number of rotatable bonds is 5. The van der Waals surface area contributed by atoms with E-state index in [0.717, 1.165) is 12.1 Å². The summed E-state index contributed by atoms with van der Waals surface area (Å²) in [6, 6.07) is 6.50. The summed E-state index contributed by atoms with van der Waals surface area (Å²) in [6.07, 6.45) is 0. The van der Waals surface area contributed by atoms with Crippen LogP contribution in [0.3, 0.4) is 0 Å². The monoisotopic (exact) mass is 295 g/mol. The van der Waals surface area contributed by atoms with Crippen molar-refractivity contribution in [3.63, 3.8) is 0 Å². The number of hydrogen-bond acceptors (Lipinski definition) is 5. The normalized spacial score (nSPS) is 12.6. The Labute approximate surface area is 120 Å². The van der Waals surface area contributed by atoms with E-state index in [4.69, 9.17) is 5.84 Å². The first-order chi connectivity index (χ1) is 9.13. The van der Waals surface area contributed by atoms with Crippen LogP contribution < -0.4 is 11.3 Å². The van der Waals surface area contributed by atoms with Gasteiger partial charge in [-0.3, -0.25) is 15.1 Å². The van der Waals surface area contributed by atoms with Crippen molar-refractivity contribution >= 4 is 28.6 Å². The predicted molar refractivity (Wildman–Crippen MR) is 80.2 cm³/mol. The number of nitrogens with two attached hydrogens (primary N) is 1. The van der Waals surface area contributed by atoms with Crippen LogP contribution in [0.1, 0.15) is 33.1 Å². The van der Waals surface area contributed by atoms with Crippen molar-refractivity contribution in [1.82, 2.24) is 10.3 Å². The molecule has 102 valence electrons. The number of nitrogen functional groups attached to an aromatic ring is 1. The number of nitrogens with one attached hydrogen (secondary N) is 1. The van der Waals surface area contributed by atoms with Crippen LogP contribution in [0.25, 0.3) is 0 Å². The molecule has 0 saturated heterocycles. The largest absolute Gasteiger partial charge is 0.295 e. The minimum atomic E-state index is -0.220. The summed E-state index contributed by atoms with van der Waals surface area (Å²) in [6.45, 7) is 2.90. The zero-order chi connectivity index (χ0) is 13.8. The first-order valence-corrected chi connectivity index (χ1v) is 7.70. The van der Waals surface area contributed by atoms with Gasteiger partial charge in [0, 0.05) is 17.5 Å². The molecule has 4 nitrogen and oxygen atoms in total. The molecule has 0 bridgehead atoms. The molecule has 0 aliphatic heterocycles. The highest BCUT2D eigenvalue weighted by molar-refractivity contribution is 7.12. The van der Waals surface area contributed by atoms with Gasteiger partial charge in [0.1, 0.15) is 0 Å². The van der Waals surface area contributed by atoms with E-state index in [1.54, 1.807) is 11.3 Å². The van der Waals surface area contributed by atoms with Crippen LogP contribution >= 0.6 is 22.7 Å². The Morgan fingerprint density at radius 2 is 2.21 bits per heavy atom. The lowest BCUT2D eigenvalue weighted by molar-refractivity contribution is 0.0955. The number of carbonyl (C=O) groups is 1. The van der Waals surface area contributed by atoms with Gasteiger partial charge in [-0.05, 0) is 42.4 Å². The van der Waals surface area contributed by atoms with Gasteiger partial charge >= 0.3 is 0 Å². The maximum atomic E-state index is 11.6. The first-order valence-electron chi connectivity index (χ1n) is 5.94. The maximum absolute atomic E-state index is 11.6. The van der Waals surface area contributed by atoms with E-state index in [2.05, 4.69) is 41.8 Å². The quantitative estimate of drug-likeness (QED) is 0.506. The lowest BCUT2D eigenvalue weighted by Crippen LogP contribution is -2.30. The van der Waals surface area contributed by atoms with E-state index in [1.807, 2.05) is 11.4 Å². The summed E-state index contributed by atoms with van der Waals surface area (Å²) >= 11 is 3.17. The van der Waals surface area contributed by atoms with Gasteiger partial charge in [-0.15, -0.1) is 22.7 Å². The average Bonchev–Trinajstić information content (AvgIpc) is 3.07. The van der Waals surface area contributed by atoms with Crippen LogP contribution in [0.2, 0.25) is 0 Å². The summed E-state index contributed by atoms with van der Waals surface area (Å²) in [5.41, 5.74) is 3.21. The van der Waals surface area contributed by atoms with E-state index < -0.39 is 0 Å². The zero-order valence-corrected chi connectivity index (χ0v) is 12.6. The van der Waals surface area contributed by atoms with Crippen LogP contribution in [0.5, 0.6) is 0 Å². The van der Waals surface area contributed by atoms with Crippen LogP contribution in [0, 0.1) is 0 Å². The number of hydrogen-bond donors (Lipinski definition) is 2. The zero-order valence-electron chi connectivity index (χ0n) is 10.9. The van der Waals surface area contributed by atoms with Crippen molar-refractivity contribution in [2.45, 2.75) is 19.5 Å². The van der Waals surface area contributed by atoms with Crippen molar-refractivity contribution in [2.75, 3.05) is 7.05 Å². The highest BCUT2D eigenvalue weighted by Crippen LogP contribution is 2.26. The third-order valence-electron chi connectivity index (χ3n) is 3.12. The molecule has 2 rings (SSSR count). The molecule has 3 N–H and O–H groups in total. The van der Waals surface area contributed by atoms with Gasteiger partial charge in [-0.2, -0.15) is 0 Å². The van der Waals surface area contributed by atoms with Crippen molar-refractivity contribution in [3.8, 4) is 0 Å². The number of thiophene rings is 2. The molecule has 0 aromatic carbocycles. The van der Waals surface area contributed by atoms with Gasteiger partial charge < -0.3 is 0 Å². The van der Waals surface area contributed by atoms with Gasteiger partial charge in [-0.1, -0.05) is 6.07 Å². The fourth-order valence-electron chi connectivity index (χ4n) is 1.88. The molecular weight excluding hydrogens is 278 g/mol. The van der Waals surface area contributed by atoms with Crippen LogP contribution in [0.4, 0.5) is 0 Å². The molecule has 0 fully saturated rings. The van der Waals surface area contributed by atoms with Crippen molar-refractivity contribution < 1.29 is 4.79 Å². The Hall–Kier alpha value is -1.21. The standard InChI is InChI=1S/C13H17N3OS2/c1-9(11-4-3-6-18-11)16(2)8-10-5-7-19-12(10)13(17)15-14/h3-7,9H,8,14H2,1-2H3,(H,15,17). The van der Waals surface area contributed by atoms with Gasteiger partial charge in [0.15, 0.2) is 0 Å². The predicted octanol–water partition coefficient (Wildman–Crippen LogP) is 2.61. The Morgan fingerprint density at radius 3 is 2.84 bits per heavy atom. The third kappa shape index (κ3) is 3.22. The van der Waals surface area contributed by atoms with Crippen molar-refractivity contribution in [1.29, 1.82) is 0 Å². The summed E-state index contributed by atoms with van der Waals surface area (Å²) in [7, 11) is 2.06. The van der Waals surface area contributed by atoms with E-state index in [9.17, 15) is 4.79 Å². The van der Waals surface area contributed by atoms with Gasteiger partial charge in [0.25, 0.3) is 5.91 Å². The number of carbonyl (C=O) groups excluding carboxylic acids is 1. The van der Waals surface area contributed by atoms with Crippen molar-refractivity contribution in [3.05, 3.63) is 44.3 Å². The Bertz CT molecular complexity index is 536. The smallest absolute Gasteiger partial charge is 0.275 e. The molecule has 6 heteroatoms. The second-order valence-corrected chi connectivity index (χ2v) is 6.25. The number of amides is 1. The fraction of sp³-hybridized carbons (Fsp3) is 0.308. The lowest BCUT2D eigenvalue weighted by atomic mass is 10.2. The number of hydrazine groups is 1. The molecule has 1 atom stereocenters. The topological polar surface area (TPSA) is 58.4 Å². The van der Waals surface area contributed by atoms with Crippen LogP contribution in [-0.2, 0) is 6.54 Å². The highest BCUT2D eigenvalue weighted by Gasteiger charge is 2.17. The average molecular weight is 295 g/mol. The minimum absolute atomic E-state index is 0.220. The summed E-state index contributed by atoms with van der Waals surface area (Å²) < 4.78 is 0. The molecule has 0 spiro atoms. The molecule has 2 aromatic heterocycles. The summed E-state index contributed by atoms with van der Waals surface area (Å²) in [5.74, 6) is 4.97. The SMILES string of the molecule is CC(c1cccs1)N(C)Cc1ccsc1C(=O)NN. The van der Waals surface area contributed by atoms with E-state index >= 15 is 0 Å². The fourth-order valence-corrected chi connectivity index (χ4v) is 3.54. The van der Waals surface area contributed by atoms with Crippen LogP contribution in [-0.4, -0.2) is 17.9 Å². The van der Waals surface area contributed by atoms with Gasteiger partial charge in [-0.25, -0.2) is 5.84 Å². The summed E-state index contributed by atoms with van der Waals surface area (Å²) in [4.78, 5) is 15.9. The Morgan fingerprint density at radius 1 is 1.42 bits per heavy atom. The lowest BCUT2D eigenvalue weighted by Gasteiger charge is -2.23. The summed E-state index contributed by atoms with van der Waals surface area (Å²) in [5, 5.41) is 4.00. The second-order valence-electron chi connectivity index (χ2n) is 4.35. The molecule has 1 amide bonds. The molecule has 2 aromatic rings.